The highest BCUT2D eigenvalue weighted by Crippen LogP contribution is 2.36. The minimum atomic E-state index is -0.817. The number of hydrogen-bond acceptors (Lipinski definition) is 9. The Balaban J connectivity index is 1.31. The highest BCUT2D eigenvalue weighted by molar-refractivity contribution is 7.92. The van der Waals surface area contributed by atoms with Gasteiger partial charge in [-0.15, -0.1) is 0 Å². The number of ether oxygens (including phenoxy) is 2. The van der Waals surface area contributed by atoms with E-state index in [0.717, 1.165) is 48.9 Å². The van der Waals surface area contributed by atoms with Crippen molar-refractivity contribution in [2.24, 2.45) is 7.05 Å². The summed E-state index contributed by atoms with van der Waals surface area (Å²) in [6, 6.07) is 0.336. The molecule has 0 bridgehead atoms. The van der Waals surface area contributed by atoms with Crippen molar-refractivity contribution >= 4 is 28.9 Å². The third-order valence-corrected chi connectivity index (χ3v) is 7.57. The lowest BCUT2D eigenvalue weighted by Gasteiger charge is -2.39. The number of aryl methyl sites for hydroxylation is 2. The Morgan fingerprint density at radius 2 is 2.10 bits per heavy atom. The van der Waals surface area contributed by atoms with E-state index < -0.39 is 11.2 Å². The van der Waals surface area contributed by atoms with Crippen LogP contribution in [0.4, 0.5) is 11.8 Å². The zero-order chi connectivity index (χ0) is 21.5. The Morgan fingerprint density at radius 1 is 1.32 bits per heavy atom. The summed E-state index contributed by atoms with van der Waals surface area (Å²) in [6.45, 7) is 2.60. The number of aromatic nitrogens is 4. The highest BCUT2D eigenvalue weighted by atomic mass is 32.2. The molecule has 2 fully saturated rings. The molecule has 10 nitrogen and oxygen atoms in total. The maximum absolute atomic E-state index is 12.2. The standard InChI is InChI=1S/C20H27N6O4S/c1-24-10-13(9-21-24)19(27)30-15-11-26(12-15)20-22-16-5-8-31(28)17(16)18(23-20)25(2)14-3-6-29-7-4-14/h9-10,14-15,28H,3-8,11-12H2,1-2H3/q+1. The molecule has 0 aromatic carbocycles. The summed E-state index contributed by atoms with van der Waals surface area (Å²) in [7, 11) is 3.81. The van der Waals surface area contributed by atoms with Crippen LogP contribution in [-0.2, 0) is 34.1 Å². The number of hydrogen-bond donors (Lipinski definition) is 1. The summed E-state index contributed by atoms with van der Waals surface area (Å²) in [4.78, 5) is 26.9. The van der Waals surface area contributed by atoms with Crippen molar-refractivity contribution in [1.82, 2.24) is 19.7 Å². The van der Waals surface area contributed by atoms with E-state index in [1.165, 1.54) is 6.20 Å². The van der Waals surface area contributed by atoms with Gasteiger partial charge in [0.1, 0.15) is 11.8 Å². The Labute approximate surface area is 183 Å². The van der Waals surface area contributed by atoms with E-state index in [9.17, 15) is 9.35 Å². The molecule has 2 aromatic rings. The quantitative estimate of drug-likeness (QED) is 0.528. The van der Waals surface area contributed by atoms with Gasteiger partial charge in [-0.3, -0.25) is 4.68 Å². The minimum Gasteiger partial charge on any atom is -0.455 e. The molecule has 0 saturated carbocycles. The van der Waals surface area contributed by atoms with Crippen LogP contribution < -0.4 is 9.80 Å². The molecule has 0 spiro atoms. The van der Waals surface area contributed by atoms with Gasteiger partial charge < -0.3 is 19.3 Å². The van der Waals surface area contributed by atoms with Crippen molar-refractivity contribution in [3.63, 3.8) is 0 Å². The van der Waals surface area contributed by atoms with Crippen molar-refractivity contribution in [2.45, 2.75) is 36.3 Å². The first-order valence-electron chi connectivity index (χ1n) is 10.6. The first-order chi connectivity index (χ1) is 15.0. The summed E-state index contributed by atoms with van der Waals surface area (Å²) < 4.78 is 23.2. The molecule has 0 amide bonds. The molecular weight excluding hydrogens is 420 g/mol. The Bertz CT molecular complexity index is 973. The molecule has 3 aliphatic rings. The summed E-state index contributed by atoms with van der Waals surface area (Å²) in [5, 5.41) is 4.01. The number of nitrogens with zero attached hydrogens (tertiary/aromatic N) is 6. The summed E-state index contributed by atoms with van der Waals surface area (Å²) >= 11 is -0.817. The normalized spacial score (nSPS) is 21.6. The maximum Gasteiger partial charge on any atom is 0.341 e. The van der Waals surface area contributed by atoms with Crippen molar-refractivity contribution in [2.75, 3.05) is 48.9 Å². The number of rotatable bonds is 5. The van der Waals surface area contributed by atoms with Crippen LogP contribution in [0.1, 0.15) is 28.9 Å². The summed E-state index contributed by atoms with van der Waals surface area (Å²) in [5.74, 6) is 1.80. The van der Waals surface area contributed by atoms with Gasteiger partial charge in [0.05, 0.1) is 24.8 Å². The number of fused-ring (bicyclic) bond motifs is 1. The fraction of sp³-hybridized carbons (Fsp3) is 0.600. The second-order valence-corrected chi connectivity index (χ2v) is 9.78. The lowest BCUT2D eigenvalue weighted by Crippen LogP contribution is -2.54. The maximum atomic E-state index is 12.2. The van der Waals surface area contributed by atoms with E-state index in [1.807, 2.05) is 11.9 Å². The van der Waals surface area contributed by atoms with Gasteiger partial charge >= 0.3 is 5.97 Å². The zero-order valence-corrected chi connectivity index (χ0v) is 18.5. The van der Waals surface area contributed by atoms with Gasteiger partial charge in [-0.05, 0) is 12.8 Å². The van der Waals surface area contributed by atoms with Crippen molar-refractivity contribution in [3.05, 3.63) is 23.7 Å². The van der Waals surface area contributed by atoms with E-state index in [2.05, 4.69) is 10.00 Å². The SMILES string of the molecule is CN(c1nc(N2CC(OC(=O)c3cnn(C)c3)C2)nc2c1[S+](O)CC2)C1CCOCC1. The van der Waals surface area contributed by atoms with Gasteiger partial charge in [0.15, 0.2) is 22.7 Å². The average molecular weight is 448 g/mol. The topological polar surface area (TPSA) is 106 Å². The van der Waals surface area contributed by atoms with Crippen LogP contribution in [-0.4, -0.2) is 81.5 Å². The molecule has 166 valence electrons. The molecular formula is C20H27N6O4S+. The van der Waals surface area contributed by atoms with Crippen LogP contribution in [0, 0.1) is 0 Å². The van der Waals surface area contributed by atoms with Crippen LogP contribution in [0.2, 0.25) is 0 Å². The number of carbonyl (C=O) groups is 1. The third-order valence-electron chi connectivity index (χ3n) is 6.09. The molecule has 5 rings (SSSR count). The molecule has 0 radical (unpaired) electrons. The third kappa shape index (κ3) is 3.97. The van der Waals surface area contributed by atoms with Crippen LogP contribution in [0.5, 0.6) is 0 Å². The molecule has 1 N–H and O–H groups in total. The van der Waals surface area contributed by atoms with Gasteiger partial charge in [-0.1, -0.05) is 0 Å². The van der Waals surface area contributed by atoms with E-state index in [1.54, 1.807) is 17.9 Å². The first-order valence-corrected chi connectivity index (χ1v) is 11.9. The molecule has 2 saturated heterocycles. The fourth-order valence-electron chi connectivity index (χ4n) is 4.23. The predicted octanol–water partition coefficient (Wildman–Crippen LogP) is 0.877. The van der Waals surface area contributed by atoms with E-state index in [-0.39, 0.29) is 12.1 Å². The molecule has 31 heavy (non-hydrogen) atoms. The average Bonchev–Trinajstić information content (AvgIpc) is 3.35. The Kier molecular flexibility index (Phi) is 5.49. The molecule has 11 heteroatoms. The van der Waals surface area contributed by atoms with E-state index in [4.69, 9.17) is 19.4 Å². The molecule has 0 aliphatic carbocycles. The smallest absolute Gasteiger partial charge is 0.341 e. The van der Waals surface area contributed by atoms with Gasteiger partial charge in [-0.2, -0.15) is 14.6 Å². The highest BCUT2D eigenvalue weighted by Gasteiger charge is 2.42. The van der Waals surface area contributed by atoms with Crippen LogP contribution >= 0.6 is 0 Å². The molecule has 1 atom stereocenters. The molecule has 2 aromatic heterocycles. The summed E-state index contributed by atoms with van der Waals surface area (Å²) in [6.07, 6.45) is 5.60. The van der Waals surface area contributed by atoms with Crippen LogP contribution in [0.3, 0.4) is 0 Å². The second kappa shape index (κ2) is 8.29. The fourth-order valence-corrected chi connectivity index (χ4v) is 5.64. The van der Waals surface area contributed by atoms with Crippen molar-refractivity contribution in [1.29, 1.82) is 0 Å². The monoisotopic (exact) mass is 447 g/mol. The largest absolute Gasteiger partial charge is 0.455 e. The Morgan fingerprint density at radius 3 is 2.81 bits per heavy atom. The number of anilines is 2. The van der Waals surface area contributed by atoms with Gasteiger partial charge in [0, 0.05) is 46.0 Å². The van der Waals surface area contributed by atoms with Crippen LogP contribution in [0.25, 0.3) is 0 Å². The van der Waals surface area contributed by atoms with Gasteiger partial charge in [0.25, 0.3) is 4.90 Å². The summed E-state index contributed by atoms with van der Waals surface area (Å²) in [5.41, 5.74) is 1.38. The zero-order valence-electron chi connectivity index (χ0n) is 17.7. The second-order valence-electron chi connectivity index (χ2n) is 8.23. The van der Waals surface area contributed by atoms with Crippen molar-refractivity contribution in [3.8, 4) is 0 Å². The molecule has 1 unspecified atom stereocenters. The lowest BCUT2D eigenvalue weighted by molar-refractivity contribution is 0.0231. The lowest BCUT2D eigenvalue weighted by atomic mass is 10.1. The predicted molar refractivity (Wildman–Crippen MR) is 116 cm³/mol. The minimum absolute atomic E-state index is 0.200. The van der Waals surface area contributed by atoms with E-state index >= 15 is 0 Å². The Hall–Kier alpha value is -2.37. The van der Waals surface area contributed by atoms with Gasteiger partial charge in [0.2, 0.25) is 5.95 Å². The van der Waals surface area contributed by atoms with E-state index in [0.29, 0.717) is 36.4 Å². The molecule has 3 aliphatic heterocycles. The molecule has 5 heterocycles. The first kappa shape index (κ1) is 20.5. The van der Waals surface area contributed by atoms with Crippen molar-refractivity contribution < 1.29 is 18.8 Å². The van der Waals surface area contributed by atoms with Gasteiger partial charge in [-0.25, -0.2) is 9.78 Å². The number of esters is 1. The number of carbonyl (C=O) groups excluding carboxylic acids is 1. The van der Waals surface area contributed by atoms with Crippen LogP contribution in [0.15, 0.2) is 17.3 Å².